The van der Waals surface area contributed by atoms with E-state index in [4.69, 9.17) is 9.84 Å². The van der Waals surface area contributed by atoms with Crippen LogP contribution < -0.4 is 10.1 Å². The molecule has 0 radical (unpaired) electrons. The van der Waals surface area contributed by atoms with Crippen molar-refractivity contribution in [1.82, 2.24) is 19.2 Å². The van der Waals surface area contributed by atoms with Crippen LogP contribution >= 0.6 is 0 Å². The van der Waals surface area contributed by atoms with Gasteiger partial charge in [0.2, 0.25) is 0 Å². The molecule has 1 aliphatic heterocycles. The summed E-state index contributed by atoms with van der Waals surface area (Å²) in [4.78, 5) is 16.1. The smallest absolute Gasteiger partial charge is 0.322 e. The number of hydrogen-bond acceptors (Lipinski definition) is 3. The van der Waals surface area contributed by atoms with Crippen LogP contribution in [0.3, 0.4) is 0 Å². The molecule has 0 saturated carbocycles. The van der Waals surface area contributed by atoms with E-state index in [-0.39, 0.29) is 12.1 Å². The molecule has 0 bridgehead atoms. The zero-order chi connectivity index (χ0) is 27.1. The van der Waals surface area contributed by atoms with E-state index in [1.165, 1.54) is 0 Å². The molecule has 7 nitrogen and oxygen atoms in total. The van der Waals surface area contributed by atoms with Gasteiger partial charge in [-0.15, -0.1) is 0 Å². The van der Waals surface area contributed by atoms with Crippen molar-refractivity contribution >= 4 is 11.7 Å². The van der Waals surface area contributed by atoms with E-state index in [9.17, 15) is 4.79 Å². The van der Waals surface area contributed by atoms with Crippen LogP contribution in [0.15, 0.2) is 91.1 Å². The van der Waals surface area contributed by atoms with Gasteiger partial charge >= 0.3 is 6.03 Å². The second kappa shape index (κ2) is 9.83. The number of rotatable bonds is 4. The molecular formula is C32H31N5O2. The predicted octanol–water partition coefficient (Wildman–Crippen LogP) is 6.73. The molecule has 0 spiro atoms. The first-order chi connectivity index (χ1) is 19.0. The third kappa shape index (κ3) is 4.26. The van der Waals surface area contributed by atoms with Crippen molar-refractivity contribution in [1.29, 1.82) is 0 Å². The maximum Gasteiger partial charge on any atom is 0.322 e. The Bertz CT molecular complexity index is 1670. The van der Waals surface area contributed by atoms with Gasteiger partial charge < -0.3 is 19.5 Å². The Labute approximate surface area is 228 Å². The van der Waals surface area contributed by atoms with Gasteiger partial charge in [0.15, 0.2) is 0 Å². The highest BCUT2D eigenvalue weighted by molar-refractivity contribution is 5.91. The van der Waals surface area contributed by atoms with Gasteiger partial charge in [-0.2, -0.15) is 5.10 Å². The quantitative estimate of drug-likeness (QED) is 0.287. The monoisotopic (exact) mass is 517 g/mol. The molecule has 0 aliphatic carbocycles. The summed E-state index contributed by atoms with van der Waals surface area (Å²) in [5, 5.41) is 8.14. The average Bonchev–Trinajstić information content (AvgIpc) is 3.52. The number of anilines is 1. The molecule has 0 fully saturated rings. The second-order valence-corrected chi connectivity index (χ2v) is 9.92. The number of amides is 2. The summed E-state index contributed by atoms with van der Waals surface area (Å²) in [6.45, 7) is 6.48. The van der Waals surface area contributed by atoms with Crippen molar-refractivity contribution in [2.24, 2.45) is 0 Å². The number of carbonyl (C=O) groups is 1. The summed E-state index contributed by atoms with van der Waals surface area (Å²) < 4.78 is 9.71. The molecule has 0 unspecified atom stereocenters. The largest absolute Gasteiger partial charge is 0.497 e. The van der Waals surface area contributed by atoms with Crippen LogP contribution in [0.1, 0.15) is 39.7 Å². The maximum absolute atomic E-state index is 14.2. The van der Waals surface area contributed by atoms with Gasteiger partial charge in [0.1, 0.15) is 11.6 Å². The van der Waals surface area contributed by atoms with Crippen LogP contribution in [0.4, 0.5) is 10.5 Å². The van der Waals surface area contributed by atoms with E-state index in [2.05, 4.69) is 35.0 Å². The highest BCUT2D eigenvalue weighted by Gasteiger charge is 2.36. The van der Waals surface area contributed by atoms with Crippen LogP contribution in [0.2, 0.25) is 0 Å². The van der Waals surface area contributed by atoms with Crippen LogP contribution in [-0.4, -0.2) is 32.4 Å². The van der Waals surface area contributed by atoms with Crippen molar-refractivity contribution in [3.8, 4) is 17.3 Å². The van der Waals surface area contributed by atoms with Gasteiger partial charge in [-0.25, -0.2) is 9.48 Å². The third-order valence-electron chi connectivity index (χ3n) is 7.60. The molecule has 7 heteroatoms. The molecule has 39 heavy (non-hydrogen) atoms. The predicted molar refractivity (Wildman–Crippen MR) is 153 cm³/mol. The minimum atomic E-state index is -0.365. The number of nitrogens with one attached hydrogen (secondary N) is 1. The van der Waals surface area contributed by atoms with Crippen molar-refractivity contribution in [3.05, 3.63) is 125 Å². The van der Waals surface area contributed by atoms with E-state index < -0.39 is 0 Å². The standard InChI is InChI=1S/C32H31N5O2/c1-21-11-8-16-28(22(21)2)33-32(38)36-20-27-23(3)34-37(25-13-6-5-7-14-25)31(27)35-18-10-17-29(35)30(36)24-12-9-15-26(19-24)39-4/h5-19,30H,20H2,1-4H3,(H,33,38)/t30-/m0/s1. The van der Waals surface area contributed by atoms with E-state index in [0.717, 1.165) is 56.6 Å². The number of benzene rings is 3. The fourth-order valence-corrected chi connectivity index (χ4v) is 5.39. The molecule has 1 atom stereocenters. The minimum absolute atomic E-state index is 0.177. The van der Waals surface area contributed by atoms with Crippen LogP contribution in [0.5, 0.6) is 5.75 Å². The summed E-state index contributed by atoms with van der Waals surface area (Å²) in [7, 11) is 1.66. The molecular weight excluding hydrogens is 486 g/mol. The molecule has 3 heterocycles. The lowest BCUT2D eigenvalue weighted by Gasteiger charge is -2.31. The summed E-state index contributed by atoms with van der Waals surface area (Å²) in [5.74, 6) is 1.68. The molecule has 5 aromatic rings. The van der Waals surface area contributed by atoms with E-state index in [0.29, 0.717) is 6.54 Å². The van der Waals surface area contributed by atoms with Gasteiger partial charge in [-0.05, 0) is 79.9 Å². The SMILES string of the molecule is COc1cccc([C@H]2c3cccn3-c3c(c(C)nn3-c3ccccc3)CN2C(=O)Nc2cccc(C)c2C)c1. The highest BCUT2D eigenvalue weighted by atomic mass is 16.5. The van der Waals surface area contributed by atoms with Gasteiger partial charge in [0.05, 0.1) is 36.8 Å². The number of nitrogens with zero attached hydrogens (tertiary/aromatic N) is 4. The number of hydrogen-bond donors (Lipinski definition) is 1. The molecule has 6 rings (SSSR count). The van der Waals surface area contributed by atoms with E-state index in [1.807, 2.05) is 96.4 Å². The molecule has 3 aromatic carbocycles. The zero-order valence-electron chi connectivity index (χ0n) is 22.6. The Morgan fingerprint density at radius 2 is 1.74 bits per heavy atom. The third-order valence-corrected chi connectivity index (χ3v) is 7.60. The Morgan fingerprint density at radius 3 is 2.54 bits per heavy atom. The van der Waals surface area contributed by atoms with Gasteiger partial charge in [0.25, 0.3) is 0 Å². The number of para-hydroxylation sites is 1. The van der Waals surface area contributed by atoms with Gasteiger partial charge in [0, 0.05) is 17.4 Å². The van der Waals surface area contributed by atoms with Crippen LogP contribution in [-0.2, 0) is 6.54 Å². The summed E-state index contributed by atoms with van der Waals surface area (Å²) in [6.07, 6.45) is 2.05. The number of methoxy groups -OCH3 is 1. The lowest BCUT2D eigenvalue weighted by molar-refractivity contribution is 0.194. The highest BCUT2D eigenvalue weighted by Crippen LogP contribution is 2.39. The van der Waals surface area contributed by atoms with Crippen molar-refractivity contribution in [2.75, 3.05) is 12.4 Å². The maximum atomic E-state index is 14.2. The molecule has 196 valence electrons. The van der Waals surface area contributed by atoms with Crippen molar-refractivity contribution < 1.29 is 9.53 Å². The average molecular weight is 518 g/mol. The summed E-state index contributed by atoms with van der Waals surface area (Å²) in [5.41, 5.74) is 7.76. The molecule has 1 aliphatic rings. The van der Waals surface area contributed by atoms with Gasteiger partial charge in [-0.3, -0.25) is 0 Å². The number of fused-ring (bicyclic) bond motifs is 3. The number of carbonyl (C=O) groups excluding carboxylic acids is 1. The minimum Gasteiger partial charge on any atom is -0.497 e. The number of aromatic nitrogens is 3. The molecule has 2 aromatic heterocycles. The fraction of sp³-hybridized carbons (Fsp3) is 0.188. The summed E-state index contributed by atoms with van der Waals surface area (Å²) >= 11 is 0. The van der Waals surface area contributed by atoms with Crippen molar-refractivity contribution in [2.45, 2.75) is 33.4 Å². The Kier molecular flexibility index (Phi) is 6.19. The first-order valence-corrected chi connectivity index (χ1v) is 13.1. The lowest BCUT2D eigenvalue weighted by atomic mass is 10.0. The Balaban J connectivity index is 1.55. The normalized spacial score (nSPS) is 14.4. The summed E-state index contributed by atoms with van der Waals surface area (Å²) in [6, 6.07) is 27.6. The Hall–Kier alpha value is -4.78. The molecule has 0 saturated heterocycles. The zero-order valence-corrected chi connectivity index (χ0v) is 22.6. The number of aryl methyl sites for hydroxylation is 2. The van der Waals surface area contributed by atoms with Crippen LogP contribution in [0.25, 0.3) is 11.5 Å². The molecule has 1 N–H and O–H groups in total. The number of urea groups is 1. The lowest BCUT2D eigenvalue weighted by Crippen LogP contribution is -2.38. The van der Waals surface area contributed by atoms with Crippen LogP contribution in [0, 0.1) is 20.8 Å². The first-order valence-electron chi connectivity index (χ1n) is 13.1. The fourth-order valence-electron chi connectivity index (χ4n) is 5.39. The van der Waals surface area contributed by atoms with E-state index in [1.54, 1.807) is 7.11 Å². The van der Waals surface area contributed by atoms with E-state index >= 15 is 0 Å². The van der Waals surface area contributed by atoms with Crippen molar-refractivity contribution in [3.63, 3.8) is 0 Å². The number of ether oxygens (including phenoxy) is 1. The Morgan fingerprint density at radius 1 is 0.949 bits per heavy atom. The topological polar surface area (TPSA) is 64.3 Å². The molecule has 2 amide bonds. The first kappa shape index (κ1) is 24.6. The second-order valence-electron chi connectivity index (χ2n) is 9.92. The van der Waals surface area contributed by atoms with Gasteiger partial charge in [-0.1, -0.05) is 42.5 Å².